The first-order valence-corrected chi connectivity index (χ1v) is 10.7. The minimum Gasteiger partial charge on any atom is -0.459 e. The summed E-state index contributed by atoms with van der Waals surface area (Å²) < 4.78 is 11.3. The maximum atomic E-state index is 12.5. The number of fused-ring (bicyclic) bond motifs is 2. The summed E-state index contributed by atoms with van der Waals surface area (Å²) >= 11 is 0. The number of likely N-dealkylation sites (tertiary alicyclic amines) is 1. The lowest BCUT2D eigenvalue weighted by molar-refractivity contribution is -0.166. The van der Waals surface area contributed by atoms with E-state index in [1.807, 2.05) is 32.9 Å². The number of carbonyl (C=O) groups is 3. The highest BCUT2D eigenvalue weighted by molar-refractivity contribution is 6.04. The molecule has 4 rings (SSSR count). The summed E-state index contributed by atoms with van der Waals surface area (Å²) in [6.07, 6.45) is 2.51. The number of benzene rings is 1. The molecule has 0 saturated carbocycles. The summed E-state index contributed by atoms with van der Waals surface area (Å²) in [6, 6.07) is 8.05. The first kappa shape index (κ1) is 21.0. The third-order valence-electron chi connectivity index (χ3n) is 6.21. The van der Waals surface area contributed by atoms with Crippen molar-refractivity contribution in [1.82, 2.24) is 10.2 Å². The van der Waals surface area contributed by atoms with E-state index in [0.29, 0.717) is 25.3 Å². The van der Waals surface area contributed by atoms with Crippen molar-refractivity contribution in [3.63, 3.8) is 0 Å². The molecule has 0 aliphatic carbocycles. The van der Waals surface area contributed by atoms with Gasteiger partial charge < -0.3 is 9.47 Å². The maximum absolute atomic E-state index is 12.5. The summed E-state index contributed by atoms with van der Waals surface area (Å²) in [5.74, 6) is -0.443. The average Bonchev–Trinajstić information content (AvgIpc) is 3.09. The van der Waals surface area contributed by atoms with E-state index in [9.17, 15) is 14.4 Å². The SMILES string of the molecule is CC(C)(C)OC(=O)CN1CCC(c2ccc(C34CC[C@H](O3)C(=O)NC4=O)cc2)CC1. The van der Waals surface area contributed by atoms with Gasteiger partial charge in [0.2, 0.25) is 0 Å². The number of rotatable bonds is 4. The van der Waals surface area contributed by atoms with Crippen LogP contribution in [0.25, 0.3) is 0 Å². The molecule has 2 bridgehead atoms. The van der Waals surface area contributed by atoms with E-state index in [-0.39, 0.29) is 17.8 Å². The van der Waals surface area contributed by atoms with Gasteiger partial charge in [-0.25, -0.2) is 0 Å². The van der Waals surface area contributed by atoms with Gasteiger partial charge in [0.1, 0.15) is 11.7 Å². The number of hydrogen-bond acceptors (Lipinski definition) is 6. The summed E-state index contributed by atoms with van der Waals surface area (Å²) in [7, 11) is 0. The van der Waals surface area contributed by atoms with Crippen LogP contribution in [0.3, 0.4) is 0 Å². The molecule has 0 spiro atoms. The van der Waals surface area contributed by atoms with Gasteiger partial charge in [-0.05, 0) is 76.6 Å². The van der Waals surface area contributed by atoms with Crippen molar-refractivity contribution in [3.05, 3.63) is 35.4 Å². The fourth-order valence-electron chi connectivity index (χ4n) is 4.69. The molecule has 1 unspecified atom stereocenters. The fraction of sp³-hybridized carbons (Fsp3) is 0.609. The van der Waals surface area contributed by atoms with E-state index < -0.39 is 17.3 Å². The molecule has 3 aliphatic rings. The van der Waals surface area contributed by atoms with E-state index >= 15 is 0 Å². The lowest BCUT2D eigenvalue weighted by Crippen LogP contribution is -2.54. The Labute approximate surface area is 177 Å². The Morgan fingerprint density at radius 3 is 2.47 bits per heavy atom. The van der Waals surface area contributed by atoms with Crippen LogP contribution >= 0.6 is 0 Å². The molecule has 0 radical (unpaired) electrons. The van der Waals surface area contributed by atoms with Crippen LogP contribution in [-0.2, 0) is 29.5 Å². The highest BCUT2D eigenvalue weighted by Crippen LogP contribution is 2.42. The molecule has 7 nitrogen and oxygen atoms in total. The highest BCUT2D eigenvalue weighted by Gasteiger charge is 2.54. The van der Waals surface area contributed by atoms with E-state index in [4.69, 9.17) is 9.47 Å². The molecule has 2 amide bonds. The largest absolute Gasteiger partial charge is 0.459 e. The lowest BCUT2D eigenvalue weighted by atomic mass is 9.85. The molecular formula is C23H30N2O5. The zero-order valence-corrected chi connectivity index (χ0v) is 17.9. The minimum atomic E-state index is -1.03. The quantitative estimate of drug-likeness (QED) is 0.601. The van der Waals surface area contributed by atoms with E-state index in [1.165, 1.54) is 5.56 Å². The Morgan fingerprint density at radius 1 is 1.17 bits per heavy atom. The smallest absolute Gasteiger partial charge is 0.320 e. The number of hydrogen-bond donors (Lipinski definition) is 1. The molecule has 3 fully saturated rings. The summed E-state index contributed by atoms with van der Waals surface area (Å²) in [5, 5.41) is 2.45. The fourth-order valence-corrected chi connectivity index (χ4v) is 4.69. The predicted octanol–water partition coefficient (Wildman–Crippen LogP) is 2.24. The minimum absolute atomic E-state index is 0.177. The molecule has 1 aromatic carbocycles. The molecule has 3 saturated heterocycles. The van der Waals surface area contributed by atoms with Gasteiger partial charge >= 0.3 is 5.97 Å². The number of esters is 1. The van der Waals surface area contributed by atoms with Gasteiger partial charge in [-0.1, -0.05) is 24.3 Å². The Kier molecular flexibility index (Phi) is 5.45. The van der Waals surface area contributed by atoms with E-state index in [2.05, 4.69) is 22.3 Å². The van der Waals surface area contributed by atoms with Gasteiger partial charge in [-0.2, -0.15) is 0 Å². The topological polar surface area (TPSA) is 84.9 Å². The summed E-state index contributed by atoms with van der Waals surface area (Å²) in [6.45, 7) is 7.68. The van der Waals surface area contributed by atoms with Crippen LogP contribution in [0.1, 0.15) is 63.5 Å². The highest BCUT2D eigenvalue weighted by atomic mass is 16.6. The molecule has 2 atom stereocenters. The van der Waals surface area contributed by atoms with Crippen LogP contribution in [0, 0.1) is 0 Å². The molecule has 162 valence electrons. The van der Waals surface area contributed by atoms with Crippen LogP contribution in [0.2, 0.25) is 0 Å². The zero-order valence-electron chi connectivity index (χ0n) is 17.9. The van der Waals surface area contributed by atoms with Crippen molar-refractivity contribution >= 4 is 17.8 Å². The first-order chi connectivity index (χ1) is 14.2. The maximum Gasteiger partial charge on any atom is 0.320 e. The van der Waals surface area contributed by atoms with Crippen LogP contribution in [0.4, 0.5) is 0 Å². The Bertz CT molecular complexity index is 836. The molecule has 7 heteroatoms. The second-order valence-corrected chi connectivity index (χ2v) is 9.55. The van der Waals surface area contributed by atoms with E-state index in [0.717, 1.165) is 31.5 Å². The number of amides is 2. The van der Waals surface area contributed by atoms with E-state index in [1.54, 1.807) is 0 Å². The van der Waals surface area contributed by atoms with Crippen molar-refractivity contribution in [2.75, 3.05) is 19.6 Å². The number of morpholine rings is 1. The normalized spacial score (nSPS) is 27.8. The van der Waals surface area contributed by atoms with Crippen molar-refractivity contribution < 1.29 is 23.9 Å². The monoisotopic (exact) mass is 414 g/mol. The predicted molar refractivity (Wildman–Crippen MR) is 110 cm³/mol. The molecule has 0 aromatic heterocycles. The summed E-state index contributed by atoms with van der Waals surface area (Å²) in [4.78, 5) is 38.4. The van der Waals surface area contributed by atoms with Crippen molar-refractivity contribution in [2.45, 2.75) is 69.7 Å². The summed E-state index contributed by atoms with van der Waals surface area (Å²) in [5.41, 5.74) is 0.547. The number of ether oxygens (including phenoxy) is 2. The molecular weight excluding hydrogens is 384 g/mol. The second kappa shape index (κ2) is 7.78. The third kappa shape index (κ3) is 4.14. The zero-order chi connectivity index (χ0) is 21.5. The van der Waals surface area contributed by atoms with Gasteiger partial charge in [0.15, 0.2) is 5.60 Å². The number of nitrogens with one attached hydrogen (secondary N) is 1. The number of piperidine rings is 1. The number of imide groups is 1. The van der Waals surface area contributed by atoms with Crippen LogP contribution in [0.5, 0.6) is 0 Å². The number of carbonyl (C=O) groups excluding carboxylic acids is 3. The van der Waals surface area contributed by atoms with Gasteiger partial charge in [-0.3, -0.25) is 24.6 Å². The van der Waals surface area contributed by atoms with Crippen LogP contribution < -0.4 is 5.32 Å². The second-order valence-electron chi connectivity index (χ2n) is 9.55. The van der Waals surface area contributed by atoms with Gasteiger partial charge in [-0.15, -0.1) is 0 Å². The third-order valence-corrected chi connectivity index (χ3v) is 6.21. The lowest BCUT2D eigenvalue weighted by Gasteiger charge is -2.33. The molecule has 1 N–H and O–H groups in total. The molecule has 1 aromatic rings. The van der Waals surface area contributed by atoms with Crippen LogP contribution in [0.15, 0.2) is 24.3 Å². The Morgan fingerprint density at radius 2 is 1.83 bits per heavy atom. The van der Waals surface area contributed by atoms with Crippen molar-refractivity contribution in [3.8, 4) is 0 Å². The van der Waals surface area contributed by atoms with Crippen molar-refractivity contribution in [2.24, 2.45) is 0 Å². The molecule has 3 heterocycles. The van der Waals surface area contributed by atoms with Gasteiger partial charge in [0.25, 0.3) is 11.8 Å². The molecule has 30 heavy (non-hydrogen) atoms. The van der Waals surface area contributed by atoms with Gasteiger partial charge in [0, 0.05) is 0 Å². The van der Waals surface area contributed by atoms with Gasteiger partial charge in [0.05, 0.1) is 6.54 Å². The standard InChI is InChI=1S/C23H30N2O5/c1-22(2,3)30-19(26)14-25-12-9-16(10-13-25)15-4-6-17(7-5-15)23-11-8-18(29-23)20(27)24-21(23)28/h4-7,16,18H,8-14H2,1-3H3,(H,24,27,28)/t18-,23?/m0/s1. The number of nitrogens with zero attached hydrogens (tertiary/aromatic N) is 1. The Balaban J connectivity index is 1.35. The molecule has 3 aliphatic heterocycles. The first-order valence-electron chi connectivity index (χ1n) is 10.7. The average molecular weight is 415 g/mol. The Hall–Kier alpha value is -2.25. The van der Waals surface area contributed by atoms with Crippen molar-refractivity contribution in [1.29, 1.82) is 0 Å². The van der Waals surface area contributed by atoms with Crippen LogP contribution in [-0.4, -0.2) is 54.0 Å².